The lowest BCUT2D eigenvalue weighted by Gasteiger charge is -2.08. The molecule has 0 aliphatic carbocycles. The van der Waals surface area contributed by atoms with Crippen LogP contribution in [0.3, 0.4) is 0 Å². The van der Waals surface area contributed by atoms with E-state index in [1.807, 2.05) is 12.1 Å². The van der Waals surface area contributed by atoms with Crippen molar-refractivity contribution in [3.05, 3.63) is 58.6 Å². The van der Waals surface area contributed by atoms with Gasteiger partial charge in [-0.3, -0.25) is 9.36 Å². The number of carbonyl (C=O) groups is 2. The van der Waals surface area contributed by atoms with Gasteiger partial charge in [0, 0.05) is 25.2 Å². The summed E-state index contributed by atoms with van der Waals surface area (Å²) in [5.74, 6) is -0.0574. The first-order valence-corrected chi connectivity index (χ1v) is 8.53. The Kier molecular flexibility index (Phi) is 5.40. The molecule has 0 spiro atoms. The molecule has 1 aromatic heterocycles. The van der Waals surface area contributed by atoms with Crippen LogP contribution in [0, 0.1) is 0 Å². The molecule has 7 nitrogen and oxygen atoms in total. The highest BCUT2D eigenvalue weighted by Crippen LogP contribution is 2.18. The van der Waals surface area contributed by atoms with E-state index >= 15 is 0 Å². The molecule has 27 heavy (non-hydrogen) atoms. The minimum absolute atomic E-state index is 0.149. The SMILES string of the molecule is CC(=O)CCc1ccc(OCC(=O)Nc2ccc3c(c2)oc(=O)n3C)cc1. The fourth-order valence-electron chi connectivity index (χ4n) is 2.63. The van der Waals surface area contributed by atoms with E-state index in [1.165, 1.54) is 4.57 Å². The molecule has 0 radical (unpaired) electrons. The molecule has 2 aromatic carbocycles. The van der Waals surface area contributed by atoms with Crippen LogP contribution in [0.4, 0.5) is 5.69 Å². The molecule has 140 valence electrons. The minimum atomic E-state index is -0.455. The van der Waals surface area contributed by atoms with Gasteiger partial charge in [0.25, 0.3) is 5.91 Å². The monoisotopic (exact) mass is 368 g/mol. The molecule has 1 N–H and O–H groups in total. The van der Waals surface area contributed by atoms with Crippen molar-refractivity contribution in [2.24, 2.45) is 7.05 Å². The molecule has 1 heterocycles. The number of hydrogen-bond acceptors (Lipinski definition) is 5. The third-order valence-electron chi connectivity index (χ3n) is 4.14. The second-order valence-corrected chi connectivity index (χ2v) is 6.29. The molecular weight excluding hydrogens is 348 g/mol. The Balaban J connectivity index is 1.55. The lowest BCUT2D eigenvalue weighted by atomic mass is 10.1. The largest absolute Gasteiger partial charge is 0.484 e. The predicted octanol–water partition coefficient (Wildman–Crippen LogP) is 2.67. The highest BCUT2D eigenvalue weighted by atomic mass is 16.5. The molecule has 3 aromatic rings. The molecule has 3 rings (SSSR count). The van der Waals surface area contributed by atoms with Crippen LogP contribution in [0.5, 0.6) is 5.75 Å². The number of benzene rings is 2. The van der Waals surface area contributed by atoms with Gasteiger partial charge in [-0.25, -0.2) is 4.79 Å². The van der Waals surface area contributed by atoms with Crippen LogP contribution in [0.25, 0.3) is 11.1 Å². The third kappa shape index (κ3) is 4.63. The molecule has 0 fully saturated rings. The Morgan fingerprint density at radius 2 is 1.89 bits per heavy atom. The van der Waals surface area contributed by atoms with Crippen molar-refractivity contribution >= 4 is 28.5 Å². The van der Waals surface area contributed by atoms with Crippen LogP contribution >= 0.6 is 0 Å². The van der Waals surface area contributed by atoms with Gasteiger partial charge < -0.3 is 19.3 Å². The van der Waals surface area contributed by atoms with E-state index in [4.69, 9.17) is 9.15 Å². The average molecular weight is 368 g/mol. The Labute approximate surface area is 155 Å². The Morgan fingerprint density at radius 3 is 2.59 bits per heavy atom. The van der Waals surface area contributed by atoms with E-state index in [0.29, 0.717) is 35.4 Å². The first kappa shape index (κ1) is 18.4. The first-order chi connectivity index (χ1) is 12.9. The van der Waals surface area contributed by atoms with E-state index in [2.05, 4.69) is 5.32 Å². The molecular formula is C20H20N2O5. The highest BCUT2D eigenvalue weighted by Gasteiger charge is 2.09. The van der Waals surface area contributed by atoms with Crippen molar-refractivity contribution in [2.45, 2.75) is 19.8 Å². The molecule has 0 aliphatic rings. The number of oxazole rings is 1. The summed E-state index contributed by atoms with van der Waals surface area (Å²) in [6.45, 7) is 1.42. The number of ether oxygens (including phenoxy) is 1. The minimum Gasteiger partial charge on any atom is -0.484 e. The molecule has 0 atom stereocenters. The topological polar surface area (TPSA) is 90.5 Å². The number of aromatic nitrogens is 1. The lowest BCUT2D eigenvalue weighted by Crippen LogP contribution is -2.20. The predicted molar refractivity (Wildman–Crippen MR) is 101 cm³/mol. The number of ketones is 1. The maximum atomic E-state index is 12.1. The van der Waals surface area contributed by atoms with E-state index in [0.717, 1.165) is 5.56 Å². The number of anilines is 1. The Bertz CT molecular complexity index is 1030. The van der Waals surface area contributed by atoms with Crippen LogP contribution < -0.4 is 15.8 Å². The fraction of sp³-hybridized carbons (Fsp3) is 0.250. The summed E-state index contributed by atoms with van der Waals surface area (Å²) in [6.07, 6.45) is 1.20. The van der Waals surface area contributed by atoms with Crippen molar-refractivity contribution < 1.29 is 18.7 Å². The van der Waals surface area contributed by atoms with Crippen LogP contribution in [-0.4, -0.2) is 22.9 Å². The Hall–Kier alpha value is -3.35. The number of Topliss-reactive ketones (excluding diaryl/α,β-unsaturated/α-hetero) is 1. The zero-order valence-electron chi connectivity index (χ0n) is 15.2. The second-order valence-electron chi connectivity index (χ2n) is 6.29. The van der Waals surface area contributed by atoms with E-state index < -0.39 is 5.76 Å². The summed E-state index contributed by atoms with van der Waals surface area (Å²) in [6, 6.07) is 12.3. The summed E-state index contributed by atoms with van der Waals surface area (Å²) in [7, 11) is 1.62. The van der Waals surface area contributed by atoms with Crippen molar-refractivity contribution in [1.29, 1.82) is 0 Å². The number of amides is 1. The number of hydrogen-bond donors (Lipinski definition) is 1. The standard InChI is InChI=1S/C20H20N2O5/c1-13(23)3-4-14-5-8-16(9-6-14)26-12-19(24)21-15-7-10-17-18(11-15)27-20(25)22(17)2/h5-11H,3-4,12H2,1-2H3,(H,21,24). The van der Waals surface area contributed by atoms with Gasteiger partial charge >= 0.3 is 5.76 Å². The average Bonchev–Trinajstić information content (AvgIpc) is 2.92. The van der Waals surface area contributed by atoms with E-state index in [1.54, 1.807) is 44.3 Å². The van der Waals surface area contributed by atoms with Gasteiger partial charge in [-0.2, -0.15) is 0 Å². The molecule has 0 unspecified atom stereocenters. The quantitative estimate of drug-likeness (QED) is 0.692. The summed E-state index contributed by atoms with van der Waals surface area (Å²) < 4.78 is 12.0. The number of nitrogens with one attached hydrogen (secondary N) is 1. The number of nitrogens with zero attached hydrogens (tertiary/aromatic N) is 1. The van der Waals surface area contributed by atoms with Crippen molar-refractivity contribution in [3.63, 3.8) is 0 Å². The number of carbonyl (C=O) groups excluding carboxylic acids is 2. The van der Waals surface area contributed by atoms with Crippen LogP contribution in [0.1, 0.15) is 18.9 Å². The van der Waals surface area contributed by atoms with Gasteiger partial charge in [-0.15, -0.1) is 0 Å². The van der Waals surface area contributed by atoms with Gasteiger partial charge in [0.05, 0.1) is 5.52 Å². The first-order valence-electron chi connectivity index (χ1n) is 8.53. The summed E-state index contributed by atoms with van der Waals surface area (Å²) in [5, 5.41) is 2.70. The molecule has 1 amide bonds. The van der Waals surface area contributed by atoms with Gasteiger partial charge in [0.15, 0.2) is 12.2 Å². The Morgan fingerprint density at radius 1 is 1.15 bits per heavy atom. The number of aryl methyl sites for hydroxylation is 2. The number of rotatable bonds is 7. The summed E-state index contributed by atoms with van der Waals surface area (Å²) >= 11 is 0. The zero-order chi connectivity index (χ0) is 19.4. The normalized spacial score (nSPS) is 10.7. The molecule has 0 bridgehead atoms. The van der Waals surface area contributed by atoms with Crippen LogP contribution in [-0.2, 0) is 23.1 Å². The second kappa shape index (κ2) is 7.90. The molecule has 0 saturated carbocycles. The number of fused-ring (bicyclic) bond motifs is 1. The van der Waals surface area contributed by atoms with Crippen LogP contribution in [0.2, 0.25) is 0 Å². The van der Waals surface area contributed by atoms with Crippen molar-refractivity contribution in [3.8, 4) is 5.75 Å². The van der Waals surface area contributed by atoms with Crippen molar-refractivity contribution in [2.75, 3.05) is 11.9 Å². The van der Waals surface area contributed by atoms with Gasteiger partial charge in [0.1, 0.15) is 11.5 Å². The van der Waals surface area contributed by atoms with Crippen molar-refractivity contribution in [1.82, 2.24) is 4.57 Å². The van der Waals surface area contributed by atoms with E-state index in [9.17, 15) is 14.4 Å². The summed E-state index contributed by atoms with van der Waals surface area (Å²) in [5.41, 5.74) is 2.62. The molecule has 7 heteroatoms. The summed E-state index contributed by atoms with van der Waals surface area (Å²) in [4.78, 5) is 34.6. The van der Waals surface area contributed by atoms with Gasteiger partial charge in [0.2, 0.25) is 0 Å². The van der Waals surface area contributed by atoms with Gasteiger partial charge in [-0.05, 0) is 43.2 Å². The maximum Gasteiger partial charge on any atom is 0.419 e. The van der Waals surface area contributed by atoms with Gasteiger partial charge in [-0.1, -0.05) is 12.1 Å². The lowest BCUT2D eigenvalue weighted by molar-refractivity contribution is -0.118. The highest BCUT2D eigenvalue weighted by molar-refractivity contribution is 5.93. The fourth-order valence-corrected chi connectivity index (χ4v) is 2.63. The third-order valence-corrected chi connectivity index (χ3v) is 4.14. The van der Waals surface area contributed by atoms with Crippen LogP contribution in [0.15, 0.2) is 51.7 Å². The molecule has 0 aliphatic heterocycles. The molecule has 0 saturated heterocycles. The zero-order valence-corrected chi connectivity index (χ0v) is 15.2. The smallest absolute Gasteiger partial charge is 0.419 e. The maximum absolute atomic E-state index is 12.1. The van der Waals surface area contributed by atoms with E-state index in [-0.39, 0.29) is 18.3 Å².